The lowest BCUT2D eigenvalue weighted by molar-refractivity contribution is 0.0991. The number of rotatable bonds is 6. The van der Waals surface area contributed by atoms with Gasteiger partial charge in [0.15, 0.2) is 5.78 Å². The highest BCUT2D eigenvalue weighted by molar-refractivity contribution is 6.33. The van der Waals surface area contributed by atoms with Gasteiger partial charge in [-0.1, -0.05) is 19.8 Å². The molecule has 96 valence electrons. The fraction of sp³-hybridized carbons (Fsp3) is 0.643. The number of carbonyl (C=O) groups excluding carboxylic acids is 1. The largest absolute Gasteiger partial charge is 0.348 e. The molecule has 0 aliphatic rings. The summed E-state index contributed by atoms with van der Waals surface area (Å²) in [5, 5.41) is -0.445. The predicted octanol–water partition coefficient (Wildman–Crippen LogP) is 4.11. The Balaban J connectivity index is 2.90. The molecule has 1 aromatic rings. The van der Waals surface area contributed by atoms with Gasteiger partial charge in [-0.15, -0.1) is 11.6 Å². The lowest BCUT2D eigenvalue weighted by Crippen LogP contribution is -2.12. The SMILES string of the molecule is CCCCCn1c(C)cc(C(=O)C(C)Cl)c1C. The van der Waals surface area contributed by atoms with Crippen LogP contribution in [0.15, 0.2) is 6.07 Å². The van der Waals surface area contributed by atoms with E-state index in [1.165, 1.54) is 12.8 Å². The van der Waals surface area contributed by atoms with Crippen molar-refractivity contribution in [2.45, 2.75) is 58.9 Å². The molecule has 0 amide bonds. The van der Waals surface area contributed by atoms with Gasteiger partial charge in [0.1, 0.15) is 0 Å². The summed E-state index contributed by atoms with van der Waals surface area (Å²) >= 11 is 5.86. The lowest BCUT2D eigenvalue weighted by Gasteiger charge is -2.09. The fourth-order valence-electron chi connectivity index (χ4n) is 2.13. The van der Waals surface area contributed by atoms with Crippen molar-refractivity contribution < 1.29 is 4.79 Å². The molecule has 0 saturated carbocycles. The summed E-state index contributed by atoms with van der Waals surface area (Å²) in [5.41, 5.74) is 2.98. The maximum atomic E-state index is 11.9. The molecule has 1 heterocycles. The molecule has 0 spiro atoms. The zero-order chi connectivity index (χ0) is 13.0. The van der Waals surface area contributed by atoms with Crippen LogP contribution in [-0.4, -0.2) is 15.7 Å². The van der Waals surface area contributed by atoms with Gasteiger partial charge in [0.2, 0.25) is 0 Å². The summed E-state index contributed by atoms with van der Waals surface area (Å²) in [7, 11) is 0. The van der Waals surface area contributed by atoms with Crippen molar-refractivity contribution in [3.05, 3.63) is 23.0 Å². The van der Waals surface area contributed by atoms with Gasteiger partial charge in [-0.3, -0.25) is 4.79 Å². The standard InChI is InChI=1S/C14H22ClNO/c1-5-6-7-8-16-10(2)9-13(12(16)4)14(17)11(3)15/h9,11H,5-8H2,1-4H3. The summed E-state index contributed by atoms with van der Waals surface area (Å²) in [5.74, 6) is 0.0292. The van der Waals surface area contributed by atoms with Crippen molar-refractivity contribution in [3.63, 3.8) is 0 Å². The zero-order valence-corrected chi connectivity index (χ0v) is 12.0. The summed E-state index contributed by atoms with van der Waals surface area (Å²) < 4.78 is 2.22. The highest BCUT2D eigenvalue weighted by Gasteiger charge is 2.18. The Morgan fingerprint density at radius 1 is 1.41 bits per heavy atom. The molecule has 0 radical (unpaired) electrons. The van der Waals surface area contributed by atoms with Crippen LogP contribution in [0, 0.1) is 13.8 Å². The van der Waals surface area contributed by atoms with Gasteiger partial charge in [-0.25, -0.2) is 0 Å². The van der Waals surface area contributed by atoms with E-state index in [0.29, 0.717) is 0 Å². The Bertz CT molecular complexity index is 393. The van der Waals surface area contributed by atoms with Crippen molar-refractivity contribution >= 4 is 17.4 Å². The van der Waals surface area contributed by atoms with Gasteiger partial charge in [0.25, 0.3) is 0 Å². The first kappa shape index (κ1) is 14.3. The Labute approximate surface area is 109 Å². The minimum absolute atomic E-state index is 0.0292. The van der Waals surface area contributed by atoms with Crippen LogP contribution in [0.25, 0.3) is 0 Å². The molecule has 0 aromatic carbocycles. The monoisotopic (exact) mass is 255 g/mol. The van der Waals surface area contributed by atoms with Gasteiger partial charge in [0, 0.05) is 23.5 Å². The Morgan fingerprint density at radius 2 is 2.06 bits per heavy atom. The van der Waals surface area contributed by atoms with Crippen LogP contribution in [0.3, 0.4) is 0 Å². The zero-order valence-electron chi connectivity index (χ0n) is 11.2. The Morgan fingerprint density at radius 3 is 2.59 bits per heavy atom. The number of hydrogen-bond acceptors (Lipinski definition) is 1. The quantitative estimate of drug-likeness (QED) is 0.426. The molecule has 2 nitrogen and oxygen atoms in total. The molecule has 0 N–H and O–H groups in total. The third kappa shape index (κ3) is 3.35. The fourth-order valence-corrected chi connectivity index (χ4v) is 2.25. The van der Waals surface area contributed by atoms with E-state index in [1.54, 1.807) is 6.92 Å². The topological polar surface area (TPSA) is 22.0 Å². The van der Waals surface area contributed by atoms with Crippen molar-refractivity contribution in [2.75, 3.05) is 0 Å². The smallest absolute Gasteiger partial charge is 0.182 e. The highest BCUT2D eigenvalue weighted by Crippen LogP contribution is 2.19. The van der Waals surface area contributed by atoms with E-state index in [2.05, 4.69) is 18.4 Å². The molecule has 0 saturated heterocycles. The maximum absolute atomic E-state index is 11.9. The first-order chi connectivity index (χ1) is 7.99. The number of unbranched alkanes of at least 4 members (excludes halogenated alkanes) is 2. The van der Waals surface area contributed by atoms with Gasteiger partial charge >= 0.3 is 0 Å². The molecular formula is C14H22ClNO. The van der Waals surface area contributed by atoms with Crippen LogP contribution in [0.2, 0.25) is 0 Å². The van der Waals surface area contributed by atoms with Crippen LogP contribution < -0.4 is 0 Å². The molecule has 1 unspecified atom stereocenters. The summed E-state index contributed by atoms with van der Waals surface area (Å²) in [6.45, 7) is 8.97. The summed E-state index contributed by atoms with van der Waals surface area (Å²) in [4.78, 5) is 11.9. The van der Waals surface area contributed by atoms with Crippen LogP contribution in [0.1, 0.15) is 54.9 Å². The van der Waals surface area contributed by atoms with E-state index in [4.69, 9.17) is 11.6 Å². The predicted molar refractivity (Wildman–Crippen MR) is 73.1 cm³/mol. The maximum Gasteiger partial charge on any atom is 0.182 e. The second-order valence-corrected chi connectivity index (χ2v) is 5.28. The molecule has 1 rings (SSSR count). The number of halogens is 1. The number of carbonyl (C=O) groups is 1. The molecule has 3 heteroatoms. The molecule has 0 aliphatic heterocycles. The second-order valence-electron chi connectivity index (χ2n) is 4.62. The second kappa shape index (κ2) is 6.25. The molecule has 1 aromatic heterocycles. The molecular weight excluding hydrogens is 234 g/mol. The first-order valence-corrected chi connectivity index (χ1v) is 6.77. The Hall–Kier alpha value is -0.760. The van der Waals surface area contributed by atoms with Gasteiger partial charge in [-0.05, 0) is 33.3 Å². The number of Topliss-reactive ketones (excluding diaryl/α,β-unsaturated/α-hetero) is 1. The van der Waals surface area contributed by atoms with Crippen molar-refractivity contribution in [1.29, 1.82) is 0 Å². The van der Waals surface area contributed by atoms with Gasteiger partial charge in [-0.2, -0.15) is 0 Å². The number of alkyl halides is 1. The van der Waals surface area contributed by atoms with E-state index in [-0.39, 0.29) is 5.78 Å². The number of ketones is 1. The van der Waals surface area contributed by atoms with Gasteiger partial charge < -0.3 is 4.57 Å². The molecule has 0 aliphatic carbocycles. The minimum atomic E-state index is -0.445. The third-order valence-electron chi connectivity index (χ3n) is 3.19. The van der Waals surface area contributed by atoms with Crippen LogP contribution in [0.4, 0.5) is 0 Å². The molecule has 0 bridgehead atoms. The molecule has 17 heavy (non-hydrogen) atoms. The number of nitrogens with zero attached hydrogens (tertiary/aromatic N) is 1. The third-order valence-corrected chi connectivity index (χ3v) is 3.38. The van der Waals surface area contributed by atoms with Crippen molar-refractivity contribution in [1.82, 2.24) is 4.57 Å². The Kier molecular flexibility index (Phi) is 5.26. The first-order valence-electron chi connectivity index (χ1n) is 6.34. The van der Waals surface area contributed by atoms with E-state index < -0.39 is 5.38 Å². The van der Waals surface area contributed by atoms with E-state index in [1.807, 2.05) is 13.0 Å². The van der Waals surface area contributed by atoms with E-state index in [9.17, 15) is 4.79 Å². The highest BCUT2D eigenvalue weighted by atomic mass is 35.5. The van der Waals surface area contributed by atoms with Crippen LogP contribution >= 0.6 is 11.6 Å². The van der Waals surface area contributed by atoms with Crippen LogP contribution in [0.5, 0.6) is 0 Å². The summed E-state index contributed by atoms with van der Waals surface area (Å²) in [6.07, 6.45) is 3.60. The number of aromatic nitrogens is 1. The number of hydrogen-bond donors (Lipinski definition) is 0. The molecule has 1 atom stereocenters. The van der Waals surface area contributed by atoms with Gasteiger partial charge in [0.05, 0.1) is 5.38 Å². The average Bonchev–Trinajstić information content (AvgIpc) is 2.55. The lowest BCUT2D eigenvalue weighted by atomic mass is 10.1. The van der Waals surface area contributed by atoms with E-state index >= 15 is 0 Å². The van der Waals surface area contributed by atoms with Crippen molar-refractivity contribution in [3.8, 4) is 0 Å². The van der Waals surface area contributed by atoms with Crippen molar-refractivity contribution in [2.24, 2.45) is 0 Å². The summed E-state index contributed by atoms with van der Waals surface area (Å²) in [6, 6.07) is 1.96. The average molecular weight is 256 g/mol. The normalized spacial score (nSPS) is 12.8. The minimum Gasteiger partial charge on any atom is -0.348 e. The molecule has 0 fully saturated rings. The van der Waals surface area contributed by atoms with Crippen LogP contribution in [-0.2, 0) is 6.54 Å². The number of aryl methyl sites for hydroxylation is 1. The van der Waals surface area contributed by atoms with E-state index in [0.717, 1.165) is 29.9 Å².